The van der Waals surface area contributed by atoms with Gasteiger partial charge in [0.15, 0.2) is 0 Å². The third-order valence-electron chi connectivity index (χ3n) is 3.87. The highest BCUT2D eigenvalue weighted by Gasteiger charge is 2.25. The fourth-order valence-corrected chi connectivity index (χ4v) is 4.23. The molecular formula is C15H17BrN2S. The van der Waals surface area contributed by atoms with Crippen LogP contribution in [0.2, 0.25) is 0 Å². The van der Waals surface area contributed by atoms with Crippen molar-refractivity contribution in [2.75, 3.05) is 11.4 Å². The van der Waals surface area contributed by atoms with Gasteiger partial charge in [0.25, 0.3) is 0 Å². The summed E-state index contributed by atoms with van der Waals surface area (Å²) in [5.74, 6) is 0. The Hall–Kier alpha value is -0.840. The van der Waals surface area contributed by atoms with E-state index in [1.807, 2.05) is 11.3 Å². The predicted molar refractivity (Wildman–Crippen MR) is 85.8 cm³/mol. The summed E-state index contributed by atoms with van der Waals surface area (Å²) in [7, 11) is 0. The van der Waals surface area contributed by atoms with Crippen LogP contribution in [-0.2, 0) is 13.0 Å². The van der Waals surface area contributed by atoms with Gasteiger partial charge in [-0.05, 0) is 48.1 Å². The van der Waals surface area contributed by atoms with Gasteiger partial charge < -0.3 is 10.6 Å². The number of halogens is 1. The molecule has 0 saturated carbocycles. The molecule has 2 aromatic rings. The zero-order valence-electron chi connectivity index (χ0n) is 10.9. The molecule has 0 saturated heterocycles. The van der Waals surface area contributed by atoms with E-state index in [4.69, 9.17) is 5.73 Å². The normalized spacial score (nSPS) is 18.5. The van der Waals surface area contributed by atoms with Crippen LogP contribution in [0.5, 0.6) is 0 Å². The second-order valence-corrected chi connectivity index (χ2v) is 6.75. The van der Waals surface area contributed by atoms with Gasteiger partial charge in [-0.1, -0.05) is 22.0 Å². The first-order valence-electron chi connectivity index (χ1n) is 6.52. The number of nitrogens with two attached hydrogens (primary N) is 1. The van der Waals surface area contributed by atoms with Crippen molar-refractivity contribution in [2.24, 2.45) is 5.73 Å². The van der Waals surface area contributed by atoms with Crippen LogP contribution in [0.25, 0.3) is 0 Å². The zero-order chi connectivity index (χ0) is 13.4. The lowest BCUT2D eigenvalue weighted by molar-refractivity contribution is 0.632. The molecule has 0 radical (unpaired) electrons. The number of anilines is 1. The highest BCUT2D eigenvalue weighted by molar-refractivity contribution is 9.10. The molecule has 1 unspecified atom stereocenters. The quantitative estimate of drug-likeness (QED) is 0.894. The minimum absolute atomic E-state index is 0.450. The third-order valence-corrected chi connectivity index (χ3v) is 5.60. The van der Waals surface area contributed by atoms with Crippen LogP contribution in [-0.4, -0.2) is 6.54 Å². The van der Waals surface area contributed by atoms with Crippen molar-refractivity contribution in [3.8, 4) is 0 Å². The SMILES string of the molecule is CC1c2ccsc2CCN1c1ccc(CN)c(Br)c1. The van der Waals surface area contributed by atoms with Crippen molar-refractivity contribution in [3.63, 3.8) is 0 Å². The van der Waals surface area contributed by atoms with Crippen molar-refractivity contribution >= 4 is 33.0 Å². The molecule has 2 N–H and O–H groups in total. The van der Waals surface area contributed by atoms with Crippen molar-refractivity contribution in [3.05, 3.63) is 50.1 Å². The molecule has 1 aromatic carbocycles. The molecule has 2 nitrogen and oxygen atoms in total. The average Bonchev–Trinajstić information content (AvgIpc) is 2.88. The number of fused-ring (bicyclic) bond motifs is 1. The summed E-state index contributed by atoms with van der Waals surface area (Å²) in [6.45, 7) is 3.95. The van der Waals surface area contributed by atoms with Gasteiger partial charge in [-0.15, -0.1) is 11.3 Å². The molecule has 0 spiro atoms. The van der Waals surface area contributed by atoms with Crippen molar-refractivity contribution < 1.29 is 0 Å². The van der Waals surface area contributed by atoms with Crippen LogP contribution >= 0.6 is 27.3 Å². The van der Waals surface area contributed by atoms with E-state index >= 15 is 0 Å². The Bertz CT molecular complexity index is 594. The van der Waals surface area contributed by atoms with Crippen LogP contribution in [0.1, 0.15) is 29.0 Å². The topological polar surface area (TPSA) is 29.3 Å². The summed E-state index contributed by atoms with van der Waals surface area (Å²) < 4.78 is 1.11. The maximum Gasteiger partial charge on any atom is 0.0525 e. The standard InChI is InChI=1S/C15H17BrN2S/c1-10-13-5-7-19-15(13)4-6-18(10)12-3-2-11(9-17)14(16)8-12/h2-3,5,7-8,10H,4,6,9,17H2,1H3. The smallest absolute Gasteiger partial charge is 0.0525 e. The van der Waals surface area contributed by atoms with Gasteiger partial charge in [0.1, 0.15) is 0 Å². The van der Waals surface area contributed by atoms with Gasteiger partial charge in [-0.25, -0.2) is 0 Å². The molecule has 100 valence electrons. The van der Waals surface area contributed by atoms with E-state index in [1.54, 1.807) is 4.88 Å². The summed E-state index contributed by atoms with van der Waals surface area (Å²) in [5, 5.41) is 2.21. The van der Waals surface area contributed by atoms with E-state index < -0.39 is 0 Å². The minimum Gasteiger partial charge on any atom is -0.364 e. The first-order valence-corrected chi connectivity index (χ1v) is 8.19. The molecule has 19 heavy (non-hydrogen) atoms. The first kappa shape index (κ1) is 13.2. The van der Waals surface area contributed by atoms with Gasteiger partial charge in [-0.2, -0.15) is 0 Å². The summed E-state index contributed by atoms with van der Waals surface area (Å²) in [6, 6.07) is 9.21. The molecule has 0 amide bonds. The number of hydrogen-bond acceptors (Lipinski definition) is 3. The summed E-state index contributed by atoms with van der Waals surface area (Å²) >= 11 is 5.50. The molecule has 1 aliphatic rings. The molecule has 1 aromatic heterocycles. The fourth-order valence-electron chi connectivity index (χ4n) is 2.74. The van der Waals surface area contributed by atoms with Crippen LogP contribution < -0.4 is 10.6 Å². The average molecular weight is 337 g/mol. The van der Waals surface area contributed by atoms with Crippen LogP contribution in [0, 0.1) is 0 Å². The van der Waals surface area contributed by atoms with E-state index in [0.717, 1.165) is 23.0 Å². The molecule has 1 atom stereocenters. The summed E-state index contributed by atoms with van der Waals surface area (Å²) in [6.07, 6.45) is 1.15. The largest absolute Gasteiger partial charge is 0.364 e. The van der Waals surface area contributed by atoms with Crippen molar-refractivity contribution in [1.29, 1.82) is 0 Å². The molecular weight excluding hydrogens is 320 g/mol. The number of rotatable bonds is 2. The third kappa shape index (κ3) is 2.33. The highest BCUT2D eigenvalue weighted by Crippen LogP contribution is 2.37. The number of nitrogens with zero attached hydrogens (tertiary/aromatic N) is 1. The van der Waals surface area contributed by atoms with Crippen molar-refractivity contribution in [2.45, 2.75) is 25.9 Å². The highest BCUT2D eigenvalue weighted by atomic mass is 79.9. The molecule has 3 rings (SSSR count). The van der Waals surface area contributed by atoms with E-state index in [2.05, 4.69) is 57.4 Å². The Kier molecular flexibility index (Phi) is 3.65. The van der Waals surface area contributed by atoms with E-state index in [9.17, 15) is 0 Å². The Morgan fingerprint density at radius 3 is 3.00 bits per heavy atom. The van der Waals surface area contributed by atoms with Gasteiger partial charge >= 0.3 is 0 Å². The fraction of sp³-hybridized carbons (Fsp3) is 0.333. The Morgan fingerprint density at radius 1 is 1.42 bits per heavy atom. The van der Waals surface area contributed by atoms with Crippen LogP contribution in [0.3, 0.4) is 0 Å². The molecule has 1 aliphatic heterocycles. The zero-order valence-corrected chi connectivity index (χ0v) is 13.3. The number of benzene rings is 1. The van der Waals surface area contributed by atoms with Gasteiger partial charge in [-0.3, -0.25) is 0 Å². The number of thiophene rings is 1. The van der Waals surface area contributed by atoms with E-state index in [0.29, 0.717) is 12.6 Å². The lowest BCUT2D eigenvalue weighted by Crippen LogP contribution is -2.33. The number of hydrogen-bond donors (Lipinski definition) is 1. The maximum absolute atomic E-state index is 5.71. The Labute approximate surface area is 126 Å². The van der Waals surface area contributed by atoms with E-state index in [-0.39, 0.29) is 0 Å². The van der Waals surface area contributed by atoms with E-state index in [1.165, 1.54) is 11.3 Å². The monoisotopic (exact) mass is 336 g/mol. The van der Waals surface area contributed by atoms with Crippen molar-refractivity contribution in [1.82, 2.24) is 0 Å². The van der Waals surface area contributed by atoms with Crippen LogP contribution in [0.4, 0.5) is 5.69 Å². The molecule has 0 aliphatic carbocycles. The van der Waals surface area contributed by atoms with Gasteiger partial charge in [0, 0.05) is 28.1 Å². The van der Waals surface area contributed by atoms with Gasteiger partial charge in [0.2, 0.25) is 0 Å². The molecule has 2 heterocycles. The van der Waals surface area contributed by atoms with Crippen LogP contribution in [0.15, 0.2) is 34.1 Å². The Balaban J connectivity index is 1.93. The molecule has 0 bridgehead atoms. The second-order valence-electron chi connectivity index (χ2n) is 4.90. The lowest BCUT2D eigenvalue weighted by atomic mass is 10.0. The Morgan fingerprint density at radius 2 is 2.26 bits per heavy atom. The summed E-state index contributed by atoms with van der Waals surface area (Å²) in [5.41, 5.74) is 9.62. The molecule has 4 heteroatoms. The predicted octanol–water partition coefficient (Wildman–Crippen LogP) is 4.09. The lowest BCUT2D eigenvalue weighted by Gasteiger charge is -2.35. The molecule has 0 fully saturated rings. The minimum atomic E-state index is 0.450. The first-order chi connectivity index (χ1) is 9.20. The van der Waals surface area contributed by atoms with Gasteiger partial charge in [0.05, 0.1) is 6.04 Å². The maximum atomic E-state index is 5.71. The summed E-state index contributed by atoms with van der Waals surface area (Å²) in [4.78, 5) is 4.02. The second kappa shape index (κ2) is 5.27.